The van der Waals surface area contributed by atoms with Gasteiger partial charge in [0.1, 0.15) is 0 Å². The summed E-state index contributed by atoms with van der Waals surface area (Å²) in [5, 5.41) is 20.1. The molecule has 0 saturated heterocycles. The number of tetrazole rings is 1. The molecule has 1 N–H and O–H groups in total. The standard InChI is InChI=1S/C12H14N4O2/c1-8-4-3-5-10(9(8)2)16-11(13-14-15-16)6-7-12(17)18/h3-5H,6-7H2,1-2H3,(H,17,18). The van der Waals surface area contributed by atoms with E-state index in [0.29, 0.717) is 12.2 Å². The maximum Gasteiger partial charge on any atom is 0.303 e. The highest BCUT2D eigenvalue weighted by Crippen LogP contribution is 2.17. The van der Waals surface area contributed by atoms with E-state index in [1.165, 1.54) is 0 Å². The molecule has 0 bridgehead atoms. The van der Waals surface area contributed by atoms with Crippen molar-refractivity contribution in [1.29, 1.82) is 0 Å². The molecule has 1 aromatic heterocycles. The zero-order valence-corrected chi connectivity index (χ0v) is 10.3. The number of aromatic nitrogens is 4. The van der Waals surface area contributed by atoms with Gasteiger partial charge in [-0.3, -0.25) is 4.79 Å². The largest absolute Gasteiger partial charge is 0.481 e. The lowest BCUT2D eigenvalue weighted by Crippen LogP contribution is -2.08. The van der Waals surface area contributed by atoms with E-state index in [1.54, 1.807) is 4.68 Å². The minimum absolute atomic E-state index is 0.0191. The summed E-state index contributed by atoms with van der Waals surface area (Å²) in [6, 6.07) is 5.86. The van der Waals surface area contributed by atoms with Crippen molar-refractivity contribution in [1.82, 2.24) is 20.2 Å². The highest BCUT2D eigenvalue weighted by Gasteiger charge is 2.12. The van der Waals surface area contributed by atoms with Crippen molar-refractivity contribution in [2.45, 2.75) is 26.7 Å². The molecular weight excluding hydrogens is 232 g/mol. The first-order chi connectivity index (χ1) is 8.59. The molecule has 0 aliphatic heterocycles. The van der Waals surface area contributed by atoms with Gasteiger partial charge in [-0.05, 0) is 41.5 Å². The summed E-state index contributed by atoms with van der Waals surface area (Å²) >= 11 is 0. The number of hydrogen-bond donors (Lipinski definition) is 1. The summed E-state index contributed by atoms with van der Waals surface area (Å²) in [7, 11) is 0. The van der Waals surface area contributed by atoms with E-state index >= 15 is 0 Å². The molecule has 0 amide bonds. The quantitative estimate of drug-likeness (QED) is 0.879. The summed E-state index contributed by atoms with van der Waals surface area (Å²) < 4.78 is 1.60. The highest BCUT2D eigenvalue weighted by molar-refractivity contribution is 5.66. The van der Waals surface area contributed by atoms with Gasteiger partial charge in [0.25, 0.3) is 0 Å². The maximum absolute atomic E-state index is 10.6. The van der Waals surface area contributed by atoms with Crippen molar-refractivity contribution in [2.75, 3.05) is 0 Å². The van der Waals surface area contributed by atoms with E-state index in [0.717, 1.165) is 16.8 Å². The summed E-state index contributed by atoms with van der Waals surface area (Å²) in [5.74, 6) is -0.295. The summed E-state index contributed by atoms with van der Waals surface area (Å²) in [5.41, 5.74) is 3.12. The van der Waals surface area contributed by atoms with Crippen LogP contribution in [0.4, 0.5) is 0 Å². The van der Waals surface area contributed by atoms with Crippen LogP contribution in [0, 0.1) is 13.8 Å². The van der Waals surface area contributed by atoms with Crippen molar-refractivity contribution in [3.05, 3.63) is 35.2 Å². The van der Waals surface area contributed by atoms with Gasteiger partial charge in [-0.25, -0.2) is 0 Å². The van der Waals surface area contributed by atoms with Crippen LogP contribution in [0.1, 0.15) is 23.4 Å². The van der Waals surface area contributed by atoms with Crippen LogP contribution in [0.15, 0.2) is 18.2 Å². The Balaban J connectivity index is 2.36. The van der Waals surface area contributed by atoms with Crippen LogP contribution in [-0.2, 0) is 11.2 Å². The highest BCUT2D eigenvalue weighted by atomic mass is 16.4. The Morgan fingerprint density at radius 3 is 2.89 bits per heavy atom. The van der Waals surface area contributed by atoms with Gasteiger partial charge >= 0.3 is 5.97 Å². The number of carboxylic acids is 1. The van der Waals surface area contributed by atoms with Crippen LogP contribution in [-0.4, -0.2) is 31.3 Å². The first-order valence-corrected chi connectivity index (χ1v) is 5.65. The molecule has 2 aromatic rings. The van der Waals surface area contributed by atoms with Gasteiger partial charge in [0.2, 0.25) is 0 Å². The third-order valence-corrected chi connectivity index (χ3v) is 2.90. The Morgan fingerprint density at radius 1 is 1.39 bits per heavy atom. The van der Waals surface area contributed by atoms with Gasteiger partial charge in [-0.2, -0.15) is 4.68 Å². The van der Waals surface area contributed by atoms with Crippen LogP contribution in [0.5, 0.6) is 0 Å². The fourth-order valence-corrected chi connectivity index (χ4v) is 1.73. The predicted molar refractivity (Wildman–Crippen MR) is 64.6 cm³/mol. The molecule has 6 heteroatoms. The maximum atomic E-state index is 10.6. The third kappa shape index (κ3) is 2.37. The summed E-state index contributed by atoms with van der Waals surface area (Å²) in [6.45, 7) is 4.01. The molecule has 0 radical (unpaired) electrons. The van der Waals surface area contributed by atoms with E-state index in [9.17, 15) is 4.79 Å². The van der Waals surface area contributed by atoms with E-state index in [2.05, 4.69) is 15.5 Å². The molecule has 6 nitrogen and oxygen atoms in total. The van der Waals surface area contributed by atoms with Crippen molar-refractivity contribution >= 4 is 5.97 Å². The topological polar surface area (TPSA) is 80.9 Å². The molecule has 0 saturated carbocycles. The van der Waals surface area contributed by atoms with Crippen molar-refractivity contribution in [2.24, 2.45) is 0 Å². The third-order valence-electron chi connectivity index (χ3n) is 2.90. The number of aliphatic carboxylic acids is 1. The fraction of sp³-hybridized carbons (Fsp3) is 0.333. The first-order valence-electron chi connectivity index (χ1n) is 5.65. The Morgan fingerprint density at radius 2 is 2.17 bits per heavy atom. The normalized spacial score (nSPS) is 10.6. The molecule has 0 spiro atoms. The molecule has 0 fully saturated rings. The lowest BCUT2D eigenvalue weighted by molar-refractivity contribution is -0.137. The second-order valence-corrected chi connectivity index (χ2v) is 4.12. The van der Waals surface area contributed by atoms with Gasteiger partial charge in [0, 0.05) is 6.42 Å². The lowest BCUT2D eigenvalue weighted by Gasteiger charge is -2.09. The van der Waals surface area contributed by atoms with Crippen LogP contribution < -0.4 is 0 Å². The number of carboxylic acid groups (broad SMARTS) is 1. The number of benzene rings is 1. The summed E-state index contributed by atoms with van der Waals surface area (Å²) in [6.07, 6.45) is 0.334. The predicted octanol–water partition coefficient (Wildman–Crippen LogP) is 1.30. The molecule has 0 atom stereocenters. The van der Waals surface area contributed by atoms with Crippen LogP contribution in [0.2, 0.25) is 0 Å². The SMILES string of the molecule is Cc1cccc(-n2nnnc2CCC(=O)O)c1C. The second-order valence-electron chi connectivity index (χ2n) is 4.12. The van der Waals surface area contributed by atoms with Crippen LogP contribution in [0.25, 0.3) is 5.69 Å². The number of aryl methyl sites for hydroxylation is 2. The Labute approximate surface area is 104 Å². The average Bonchev–Trinajstić information content (AvgIpc) is 2.78. The second kappa shape index (κ2) is 4.95. The van der Waals surface area contributed by atoms with E-state index in [4.69, 9.17) is 5.11 Å². The van der Waals surface area contributed by atoms with Crippen LogP contribution in [0.3, 0.4) is 0 Å². The molecule has 2 rings (SSSR count). The smallest absolute Gasteiger partial charge is 0.303 e. The zero-order valence-electron chi connectivity index (χ0n) is 10.3. The van der Waals surface area contributed by atoms with E-state index in [1.807, 2.05) is 32.0 Å². The molecule has 0 aliphatic rings. The Kier molecular flexibility index (Phi) is 3.36. The molecule has 94 valence electrons. The molecule has 1 heterocycles. The molecule has 0 unspecified atom stereocenters. The van der Waals surface area contributed by atoms with Gasteiger partial charge in [-0.15, -0.1) is 5.10 Å². The van der Waals surface area contributed by atoms with Gasteiger partial charge in [-0.1, -0.05) is 12.1 Å². The Hall–Kier alpha value is -2.24. The van der Waals surface area contributed by atoms with Gasteiger partial charge in [0.05, 0.1) is 12.1 Å². The molecule has 0 aliphatic carbocycles. The average molecular weight is 246 g/mol. The fourth-order valence-electron chi connectivity index (χ4n) is 1.73. The minimum Gasteiger partial charge on any atom is -0.481 e. The first kappa shape index (κ1) is 12.2. The van der Waals surface area contributed by atoms with E-state index < -0.39 is 5.97 Å². The van der Waals surface area contributed by atoms with Gasteiger partial charge < -0.3 is 5.11 Å². The number of hydrogen-bond acceptors (Lipinski definition) is 4. The molecule has 1 aromatic carbocycles. The molecular formula is C12H14N4O2. The van der Waals surface area contributed by atoms with Gasteiger partial charge in [0.15, 0.2) is 5.82 Å². The Bertz CT molecular complexity index is 577. The van der Waals surface area contributed by atoms with Crippen molar-refractivity contribution in [3.8, 4) is 5.69 Å². The zero-order chi connectivity index (χ0) is 13.1. The van der Waals surface area contributed by atoms with E-state index in [-0.39, 0.29) is 6.42 Å². The number of carbonyl (C=O) groups is 1. The monoisotopic (exact) mass is 246 g/mol. The van der Waals surface area contributed by atoms with Crippen molar-refractivity contribution < 1.29 is 9.90 Å². The number of rotatable bonds is 4. The van der Waals surface area contributed by atoms with Crippen LogP contribution >= 0.6 is 0 Å². The molecule has 18 heavy (non-hydrogen) atoms. The lowest BCUT2D eigenvalue weighted by atomic mass is 10.1. The summed E-state index contributed by atoms with van der Waals surface area (Å²) in [4.78, 5) is 10.6. The van der Waals surface area contributed by atoms with Crippen molar-refractivity contribution in [3.63, 3.8) is 0 Å². The minimum atomic E-state index is -0.856. The number of nitrogens with zero attached hydrogens (tertiary/aromatic N) is 4.